The fourth-order valence-corrected chi connectivity index (χ4v) is 1.66. The van der Waals surface area contributed by atoms with Gasteiger partial charge in [0.2, 0.25) is 0 Å². The van der Waals surface area contributed by atoms with Gasteiger partial charge in [-0.25, -0.2) is 9.97 Å². The molecular formula is C11H13ClN4. The van der Waals surface area contributed by atoms with E-state index in [1.165, 1.54) is 0 Å². The summed E-state index contributed by atoms with van der Waals surface area (Å²) in [6, 6.07) is 3.67. The number of pyridine rings is 1. The quantitative estimate of drug-likeness (QED) is 0.830. The lowest BCUT2D eigenvalue weighted by atomic mass is 10.4. The molecule has 2 aromatic heterocycles. The summed E-state index contributed by atoms with van der Waals surface area (Å²) in [6.45, 7) is 3.70. The topological polar surface area (TPSA) is 42.7 Å². The van der Waals surface area contributed by atoms with Gasteiger partial charge in [0.05, 0.1) is 6.54 Å². The molecule has 2 aromatic rings. The molecule has 0 amide bonds. The third kappa shape index (κ3) is 2.52. The Morgan fingerprint density at radius 3 is 3.00 bits per heavy atom. The highest BCUT2D eigenvalue weighted by Gasteiger charge is 2.00. The van der Waals surface area contributed by atoms with E-state index in [2.05, 4.69) is 26.8 Å². The van der Waals surface area contributed by atoms with Crippen molar-refractivity contribution in [1.29, 1.82) is 0 Å². The van der Waals surface area contributed by atoms with Crippen molar-refractivity contribution in [2.24, 2.45) is 0 Å². The lowest BCUT2D eigenvalue weighted by Crippen LogP contribution is -2.07. The lowest BCUT2D eigenvalue weighted by molar-refractivity contribution is 0.708. The van der Waals surface area contributed by atoms with Crippen molar-refractivity contribution >= 4 is 17.3 Å². The van der Waals surface area contributed by atoms with Crippen LogP contribution in [-0.4, -0.2) is 14.5 Å². The maximum Gasteiger partial charge on any atom is 0.131 e. The first-order valence-electron chi connectivity index (χ1n) is 5.15. The maximum atomic E-state index is 5.79. The third-order valence-electron chi connectivity index (χ3n) is 2.32. The molecule has 1 N–H and O–H groups in total. The van der Waals surface area contributed by atoms with Crippen LogP contribution in [0.25, 0.3) is 0 Å². The van der Waals surface area contributed by atoms with E-state index < -0.39 is 0 Å². The third-order valence-corrected chi connectivity index (χ3v) is 2.53. The van der Waals surface area contributed by atoms with E-state index in [4.69, 9.17) is 11.6 Å². The van der Waals surface area contributed by atoms with Gasteiger partial charge in [0, 0.05) is 30.8 Å². The zero-order valence-corrected chi connectivity index (χ0v) is 9.78. The second-order valence-corrected chi connectivity index (χ2v) is 3.74. The number of imidazole rings is 1. The Morgan fingerprint density at radius 1 is 1.38 bits per heavy atom. The second kappa shape index (κ2) is 4.99. The van der Waals surface area contributed by atoms with Crippen LogP contribution < -0.4 is 5.32 Å². The number of hydrogen-bond donors (Lipinski definition) is 1. The van der Waals surface area contributed by atoms with Crippen LogP contribution in [0.2, 0.25) is 5.15 Å². The Hall–Kier alpha value is -1.55. The van der Waals surface area contributed by atoms with Gasteiger partial charge in [-0.1, -0.05) is 11.6 Å². The van der Waals surface area contributed by atoms with Crippen molar-refractivity contribution in [1.82, 2.24) is 14.5 Å². The minimum absolute atomic E-state index is 0.490. The molecule has 0 aliphatic rings. The van der Waals surface area contributed by atoms with Crippen molar-refractivity contribution in [3.63, 3.8) is 0 Å². The zero-order chi connectivity index (χ0) is 11.4. The van der Waals surface area contributed by atoms with Crippen LogP contribution in [-0.2, 0) is 13.1 Å². The Kier molecular flexibility index (Phi) is 3.41. The summed E-state index contributed by atoms with van der Waals surface area (Å²) in [7, 11) is 0. The molecule has 0 unspecified atom stereocenters. The number of nitrogens with one attached hydrogen (secondary N) is 1. The van der Waals surface area contributed by atoms with Gasteiger partial charge in [-0.15, -0.1) is 0 Å². The van der Waals surface area contributed by atoms with E-state index in [9.17, 15) is 0 Å². The van der Waals surface area contributed by atoms with Crippen LogP contribution in [0.5, 0.6) is 0 Å². The van der Waals surface area contributed by atoms with Crippen LogP contribution in [0.3, 0.4) is 0 Å². The lowest BCUT2D eigenvalue weighted by Gasteiger charge is -2.07. The van der Waals surface area contributed by atoms with Gasteiger partial charge in [-0.2, -0.15) is 0 Å². The fraction of sp³-hybridized carbons (Fsp3) is 0.273. The highest BCUT2D eigenvalue weighted by Crippen LogP contribution is 2.12. The fourth-order valence-electron chi connectivity index (χ4n) is 1.49. The summed E-state index contributed by atoms with van der Waals surface area (Å²) in [5.41, 5.74) is 0.950. The summed E-state index contributed by atoms with van der Waals surface area (Å²) in [4.78, 5) is 8.20. The van der Waals surface area contributed by atoms with Crippen molar-refractivity contribution in [3.8, 4) is 0 Å². The first kappa shape index (κ1) is 11.0. The van der Waals surface area contributed by atoms with E-state index in [-0.39, 0.29) is 0 Å². The largest absolute Gasteiger partial charge is 0.378 e. The minimum Gasteiger partial charge on any atom is -0.378 e. The highest BCUT2D eigenvalue weighted by atomic mass is 35.5. The predicted molar refractivity (Wildman–Crippen MR) is 64.5 cm³/mol. The first-order valence-corrected chi connectivity index (χ1v) is 5.53. The van der Waals surface area contributed by atoms with Gasteiger partial charge in [-0.05, 0) is 19.1 Å². The molecule has 84 valence electrons. The minimum atomic E-state index is 0.490. The number of nitrogens with zero attached hydrogens (tertiary/aromatic N) is 3. The average Bonchev–Trinajstić information content (AvgIpc) is 2.74. The van der Waals surface area contributed by atoms with Gasteiger partial charge in [-0.3, -0.25) is 0 Å². The number of halogens is 1. The van der Waals surface area contributed by atoms with Crippen LogP contribution in [0.1, 0.15) is 12.7 Å². The van der Waals surface area contributed by atoms with Crippen molar-refractivity contribution in [2.75, 3.05) is 5.32 Å². The molecule has 0 fully saturated rings. The Balaban J connectivity index is 2.02. The number of hydrogen-bond acceptors (Lipinski definition) is 3. The molecule has 2 rings (SSSR count). The first-order chi connectivity index (χ1) is 7.79. The standard InChI is InChI=1S/C11H13ClN4/c1-2-16-6-5-14-11(16)8-15-9-3-4-13-10(12)7-9/h3-7H,2,8H2,1H3,(H,13,15). The van der Waals surface area contributed by atoms with Gasteiger partial charge in [0.15, 0.2) is 0 Å². The molecule has 4 nitrogen and oxygen atoms in total. The van der Waals surface area contributed by atoms with Gasteiger partial charge >= 0.3 is 0 Å². The van der Waals surface area contributed by atoms with E-state index in [1.807, 2.05) is 12.3 Å². The average molecular weight is 237 g/mol. The summed E-state index contributed by atoms with van der Waals surface area (Å²) in [5, 5.41) is 3.74. The summed E-state index contributed by atoms with van der Waals surface area (Å²) < 4.78 is 2.09. The van der Waals surface area contributed by atoms with Crippen LogP contribution in [0.15, 0.2) is 30.7 Å². The predicted octanol–water partition coefficient (Wildman–Crippen LogP) is 2.56. The normalized spacial score (nSPS) is 10.4. The SMILES string of the molecule is CCn1ccnc1CNc1ccnc(Cl)c1. The molecule has 0 spiro atoms. The second-order valence-electron chi connectivity index (χ2n) is 3.35. The van der Waals surface area contributed by atoms with Gasteiger partial charge < -0.3 is 9.88 Å². The van der Waals surface area contributed by atoms with Gasteiger partial charge in [0.25, 0.3) is 0 Å². The Labute approximate surface area is 99.3 Å². The van der Waals surface area contributed by atoms with Crippen molar-refractivity contribution < 1.29 is 0 Å². The van der Waals surface area contributed by atoms with Crippen molar-refractivity contribution in [3.05, 3.63) is 41.7 Å². The summed E-state index contributed by atoms with van der Waals surface area (Å²) in [5.74, 6) is 1.01. The molecule has 0 aliphatic carbocycles. The highest BCUT2D eigenvalue weighted by molar-refractivity contribution is 6.29. The van der Waals surface area contributed by atoms with Gasteiger partial charge in [0.1, 0.15) is 11.0 Å². The molecular weight excluding hydrogens is 224 g/mol. The molecule has 2 heterocycles. The van der Waals surface area contributed by atoms with Crippen LogP contribution in [0.4, 0.5) is 5.69 Å². The molecule has 0 aromatic carbocycles. The Bertz CT molecular complexity index is 467. The Morgan fingerprint density at radius 2 is 2.25 bits per heavy atom. The van der Waals surface area contributed by atoms with E-state index in [0.717, 1.165) is 18.1 Å². The molecule has 0 saturated carbocycles. The number of anilines is 1. The summed E-state index contributed by atoms with van der Waals surface area (Å²) >= 11 is 5.79. The van der Waals surface area contributed by atoms with Crippen LogP contribution in [0, 0.1) is 0 Å². The molecule has 0 saturated heterocycles. The zero-order valence-electron chi connectivity index (χ0n) is 9.02. The van der Waals surface area contributed by atoms with E-state index >= 15 is 0 Å². The monoisotopic (exact) mass is 236 g/mol. The maximum absolute atomic E-state index is 5.79. The van der Waals surface area contributed by atoms with E-state index in [0.29, 0.717) is 11.7 Å². The number of rotatable bonds is 4. The molecule has 0 atom stereocenters. The molecule has 0 aliphatic heterocycles. The summed E-state index contributed by atoms with van der Waals surface area (Å²) in [6.07, 6.45) is 5.45. The van der Waals surface area contributed by atoms with Crippen LogP contribution >= 0.6 is 11.6 Å². The smallest absolute Gasteiger partial charge is 0.131 e. The molecule has 0 bridgehead atoms. The van der Waals surface area contributed by atoms with Crippen molar-refractivity contribution in [2.45, 2.75) is 20.0 Å². The molecule has 5 heteroatoms. The molecule has 16 heavy (non-hydrogen) atoms. The number of aryl methyl sites for hydroxylation is 1. The molecule has 0 radical (unpaired) electrons. The van der Waals surface area contributed by atoms with E-state index in [1.54, 1.807) is 18.5 Å². The number of aromatic nitrogens is 3.